The van der Waals surface area contributed by atoms with E-state index >= 15 is 0 Å². The molecule has 80 valence electrons. The summed E-state index contributed by atoms with van der Waals surface area (Å²) in [4.78, 5) is 0. The van der Waals surface area contributed by atoms with Gasteiger partial charge in [0.1, 0.15) is 0 Å². The zero-order valence-electron chi connectivity index (χ0n) is 10.1. The van der Waals surface area contributed by atoms with Crippen LogP contribution in [0.4, 0.5) is 0 Å². The third-order valence-corrected chi connectivity index (χ3v) is 3.14. The summed E-state index contributed by atoms with van der Waals surface area (Å²) < 4.78 is 0. The molecule has 0 aromatic heterocycles. The van der Waals surface area contributed by atoms with E-state index in [-0.39, 0.29) is 5.41 Å². The maximum absolute atomic E-state index is 9.16. The molecule has 1 unspecified atom stereocenters. The van der Waals surface area contributed by atoms with Crippen LogP contribution in [0.5, 0.6) is 0 Å². The van der Waals surface area contributed by atoms with Crippen molar-refractivity contribution in [2.24, 2.45) is 5.41 Å². The molecule has 15 heavy (non-hydrogen) atoms. The van der Waals surface area contributed by atoms with Crippen molar-refractivity contribution in [1.29, 1.82) is 5.26 Å². The molecule has 1 rings (SSSR count). The largest absolute Gasteiger partial charge is 0.198 e. The lowest BCUT2D eigenvalue weighted by Crippen LogP contribution is -2.16. The van der Waals surface area contributed by atoms with Gasteiger partial charge in [0, 0.05) is 0 Å². The third-order valence-electron chi connectivity index (χ3n) is 3.14. The fourth-order valence-electron chi connectivity index (χ4n) is 1.65. The van der Waals surface area contributed by atoms with Crippen LogP contribution >= 0.6 is 0 Å². The van der Waals surface area contributed by atoms with Gasteiger partial charge in [0.15, 0.2) is 0 Å². The van der Waals surface area contributed by atoms with Crippen LogP contribution in [0.2, 0.25) is 0 Å². The molecule has 0 spiro atoms. The van der Waals surface area contributed by atoms with Crippen LogP contribution in [-0.4, -0.2) is 0 Å². The Morgan fingerprint density at radius 3 is 2.53 bits per heavy atom. The lowest BCUT2D eigenvalue weighted by Gasteiger charge is -2.20. The van der Waals surface area contributed by atoms with Crippen LogP contribution in [0, 0.1) is 30.6 Å². The molecule has 0 saturated carbocycles. The first-order chi connectivity index (χ1) is 7.00. The lowest BCUT2D eigenvalue weighted by molar-refractivity contribution is 0.422. The van der Waals surface area contributed by atoms with E-state index in [1.807, 2.05) is 6.92 Å². The topological polar surface area (TPSA) is 23.8 Å². The Balaban J connectivity index is 2.99. The van der Waals surface area contributed by atoms with Gasteiger partial charge < -0.3 is 0 Å². The quantitative estimate of drug-likeness (QED) is 0.730. The van der Waals surface area contributed by atoms with Crippen LogP contribution in [0.3, 0.4) is 0 Å². The SMILES string of the molecule is CCC(C)(C#N)Cc1cc(C)ccc1C. The van der Waals surface area contributed by atoms with Crippen molar-refractivity contribution in [3.63, 3.8) is 0 Å². The van der Waals surface area contributed by atoms with Gasteiger partial charge in [-0.2, -0.15) is 5.26 Å². The highest BCUT2D eigenvalue weighted by atomic mass is 14.3. The summed E-state index contributed by atoms with van der Waals surface area (Å²) in [5.74, 6) is 0. The average Bonchev–Trinajstić information content (AvgIpc) is 2.23. The van der Waals surface area contributed by atoms with Crippen molar-refractivity contribution in [2.45, 2.75) is 40.5 Å². The summed E-state index contributed by atoms with van der Waals surface area (Å²) in [6.07, 6.45) is 1.75. The molecule has 1 atom stereocenters. The highest BCUT2D eigenvalue weighted by Gasteiger charge is 2.22. The van der Waals surface area contributed by atoms with Gasteiger partial charge in [0.2, 0.25) is 0 Å². The second kappa shape index (κ2) is 4.49. The minimum atomic E-state index is -0.224. The number of hydrogen-bond donors (Lipinski definition) is 0. The number of nitrogens with zero attached hydrogens (tertiary/aromatic N) is 1. The van der Waals surface area contributed by atoms with Crippen molar-refractivity contribution in [3.05, 3.63) is 34.9 Å². The van der Waals surface area contributed by atoms with Crippen LogP contribution in [0.1, 0.15) is 37.0 Å². The first kappa shape index (κ1) is 11.8. The van der Waals surface area contributed by atoms with E-state index in [1.54, 1.807) is 0 Å². The molecule has 0 N–H and O–H groups in total. The molecule has 0 aliphatic rings. The first-order valence-corrected chi connectivity index (χ1v) is 5.48. The van der Waals surface area contributed by atoms with E-state index in [4.69, 9.17) is 5.26 Å². The van der Waals surface area contributed by atoms with Gasteiger partial charge in [-0.1, -0.05) is 30.7 Å². The van der Waals surface area contributed by atoms with Crippen LogP contribution < -0.4 is 0 Å². The predicted molar refractivity (Wildman–Crippen MR) is 63.6 cm³/mol. The number of aryl methyl sites for hydroxylation is 2. The Morgan fingerprint density at radius 1 is 1.33 bits per heavy atom. The van der Waals surface area contributed by atoms with Crippen LogP contribution in [-0.2, 0) is 6.42 Å². The Kier molecular flexibility index (Phi) is 3.52. The Morgan fingerprint density at radius 2 is 2.00 bits per heavy atom. The van der Waals surface area contributed by atoms with E-state index in [0.29, 0.717) is 0 Å². The number of rotatable bonds is 3. The second-order valence-electron chi connectivity index (χ2n) is 4.63. The summed E-state index contributed by atoms with van der Waals surface area (Å²) >= 11 is 0. The summed E-state index contributed by atoms with van der Waals surface area (Å²) in [5, 5.41) is 9.16. The van der Waals surface area contributed by atoms with Gasteiger partial charge in [-0.05, 0) is 44.7 Å². The zero-order valence-corrected chi connectivity index (χ0v) is 10.1. The average molecular weight is 201 g/mol. The Labute approximate surface area is 92.7 Å². The molecule has 0 aliphatic carbocycles. The summed E-state index contributed by atoms with van der Waals surface area (Å²) in [7, 11) is 0. The van der Waals surface area contributed by atoms with Crippen LogP contribution in [0.25, 0.3) is 0 Å². The standard InChI is InChI=1S/C14H19N/c1-5-14(4,10-15)9-13-8-11(2)6-7-12(13)3/h6-8H,5,9H2,1-4H3. The molecular weight excluding hydrogens is 182 g/mol. The summed E-state index contributed by atoms with van der Waals surface area (Å²) in [6, 6.07) is 8.87. The van der Waals surface area contributed by atoms with E-state index in [0.717, 1.165) is 12.8 Å². The fraction of sp³-hybridized carbons (Fsp3) is 0.500. The highest BCUT2D eigenvalue weighted by molar-refractivity contribution is 5.32. The number of hydrogen-bond acceptors (Lipinski definition) is 1. The minimum Gasteiger partial charge on any atom is -0.198 e. The van der Waals surface area contributed by atoms with Crippen molar-refractivity contribution in [2.75, 3.05) is 0 Å². The van der Waals surface area contributed by atoms with Crippen molar-refractivity contribution < 1.29 is 0 Å². The Hall–Kier alpha value is -1.29. The molecule has 0 heterocycles. The van der Waals surface area contributed by atoms with Gasteiger partial charge >= 0.3 is 0 Å². The molecular formula is C14H19N. The molecule has 0 amide bonds. The monoisotopic (exact) mass is 201 g/mol. The Bertz CT molecular complexity index is 387. The van der Waals surface area contributed by atoms with E-state index in [1.165, 1.54) is 16.7 Å². The molecule has 0 fully saturated rings. The highest BCUT2D eigenvalue weighted by Crippen LogP contribution is 2.27. The van der Waals surface area contributed by atoms with Gasteiger partial charge in [0.25, 0.3) is 0 Å². The van der Waals surface area contributed by atoms with Gasteiger partial charge in [-0.15, -0.1) is 0 Å². The summed E-state index contributed by atoms with van der Waals surface area (Å²) in [6.45, 7) is 8.32. The first-order valence-electron chi connectivity index (χ1n) is 5.48. The third kappa shape index (κ3) is 2.83. The molecule has 0 saturated heterocycles. The second-order valence-corrected chi connectivity index (χ2v) is 4.63. The van der Waals surface area contributed by atoms with Crippen molar-refractivity contribution in [3.8, 4) is 6.07 Å². The normalized spacial score (nSPS) is 14.3. The number of benzene rings is 1. The number of nitriles is 1. The molecule has 1 heteroatoms. The maximum atomic E-state index is 9.16. The molecule has 0 bridgehead atoms. The fourth-order valence-corrected chi connectivity index (χ4v) is 1.65. The molecule has 1 nitrogen and oxygen atoms in total. The predicted octanol–water partition coefficient (Wildman–Crippen LogP) is 3.79. The van der Waals surface area contributed by atoms with Crippen LogP contribution in [0.15, 0.2) is 18.2 Å². The van der Waals surface area contributed by atoms with Gasteiger partial charge in [-0.25, -0.2) is 0 Å². The molecule has 0 aliphatic heterocycles. The lowest BCUT2D eigenvalue weighted by atomic mass is 9.81. The van der Waals surface area contributed by atoms with Gasteiger partial charge in [-0.3, -0.25) is 0 Å². The van der Waals surface area contributed by atoms with E-state index in [9.17, 15) is 0 Å². The molecule has 1 aromatic rings. The minimum absolute atomic E-state index is 0.224. The maximum Gasteiger partial charge on any atom is 0.0690 e. The van der Waals surface area contributed by atoms with E-state index in [2.05, 4.69) is 45.0 Å². The molecule has 0 radical (unpaired) electrons. The van der Waals surface area contributed by atoms with Gasteiger partial charge in [0.05, 0.1) is 11.5 Å². The summed E-state index contributed by atoms with van der Waals surface area (Å²) in [5.41, 5.74) is 3.64. The smallest absolute Gasteiger partial charge is 0.0690 e. The van der Waals surface area contributed by atoms with Crippen molar-refractivity contribution >= 4 is 0 Å². The van der Waals surface area contributed by atoms with E-state index < -0.39 is 0 Å². The van der Waals surface area contributed by atoms with Crippen molar-refractivity contribution in [1.82, 2.24) is 0 Å². The zero-order chi connectivity index (χ0) is 11.5. The molecule has 1 aromatic carbocycles.